The highest BCUT2D eigenvalue weighted by molar-refractivity contribution is 6.28. The third kappa shape index (κ3) is 1.98. The Morgan fingerprint density at radius 2 is 1.70 bits per heavy atom. The fraction of sp³-hybridized carbons (Fsp3) is 0.235. The van der Waals surface area contributed by atoms with E-state index in [1.807, 2.05) is 0 Å². The summed E-state index contributed by atoms with van der Waals surface area (Å²) >= 11 is 0. The summed E-state index contributed by atoms with van der Waals surface area (Å²) in [6.07, 6.45) is 2.83. The van der Waals surface area contributed by atoms with E-state index in [0.717, 1.165) is 11.6 Å². The molecule has 2 aliphatic carbocycles. The summed E-state index contributed by atoms with van der Waals surface area (Å²) in [6, 6.07) is 0. The first-order valence-electron chi connectivity index (χ1n) is 6.92. The molecular weight excluding hydrogens is 300 g/mol. The van der Waals surface area contributed by atoms with Gasteiger partial charge in [-0.1, -0.05) is 11.6 Å². The zero-order chi connectivity index (χ0) is 16.9. The van der Waals surface area contributed by atoms with Gasteiger partial charge < -0.3 is 14.6 Å². The second-order valence-electron chi connectivity index (χ2n) is 5.42. The normalized spacial score (nSPS) is 16.4. The van der Waals surface area contributed by atoms with Crippen LogP contribution in [0.25, 0.3) is 6.08 Å². The van der Waals surface area contributed by atoms with E-state index < -0.39 is 17.3 Å². The number of carbonyl (C=O) groups is 3. The molecule has 2 aliphatic rings. The van der Waals surface area contributed by atoms with Gasteiger partial charge in [0.05, 0.1) is 30.9 Å². The number of hydrogen-bond donors (Lipinski definition) is 1. The first-order valence-corrected chi connectivity index (χ1v) is 6.92. The van der Waals surface area contributed by atoms with E-state index in [2.05, 4.69) is 0 Å². The third-order valence-electron chi connectivity index (χ3n) is 3.96. The highest BCUT2D eigenvalue weighted by Gasteiger charge is 2.38. The fourth-order valence-electron chi connectivity index (χ4n) is 2.99. The number of methoxy groups -OCH3 is 2. The van der Waals surface area contributed by atoms with Gasteiger partial charge in [-0.3, -0.25) is 14.4 Å². The van der Waals surface area contributed by atoms with Crippen LogP contribution in [0.15, 0.2) is 17.4 Å². The van der Waals surface area contributed by atoms with E-state index in [1.165, 1.54) is 14.2 Å². The van der Waals surface area contributed by atoms with Gasteiger partial charge in [-0.05, 0) is 6.92 Å². The number of Topliss-reactive ketones (excluding diaryl/α,β-unsaturated/α-hetero) is 2. The smallest absolute Gasteiger partial charge is 0.232 e. The molecule has 1 aromatic carbocycles. The number of phenolic OH excluding ortho intramolecular Hbond substituents is 1. The molecule has 0 radical (unpaired) electrons. The van der Waals surface area contributed by atoms with Gasteiger partial charge in [0.1, 0.15) is 11.5 Å². The predicted molar refractivity (Wildman–Crippen MR) is 81.0 cm³/mol. The zero-order valence-electron chi connectivity index (χ0n) is 12.9. The molecule has 0 saturated carbocycles. The molecule has 0 unspecified atom stereocenters. The quantitative estimate of drug-likeness (QED) is 0.901. The topological polar surface area (TPSA) is 89.9 Å². The van der Waals surface area contributed by atoms with Gasteiger partial charge in [0, 0.05) is 18.1 Å². The number of phenols is 1. The Morgan fingerprint density at radius 1 is 1.00 bits per heavy atom. The van der Waals surface area contributed by atoms with Crippen molar-refractivity contribution in [2.75, 3.05) is 14.2 Å². The molecule has 6 heteroatoms. The first-order chi connectivity index (χ1) is 10.9. The summed E-state index contributed by atoms with van der Waals surface area (Å²) in [7, 11) is 2.62. The summed E-state index contributed by atoms with van der Waals surface area (Å²) in [5, 5.41) is 10.5. The molecule has 118 valence electrons. The molecule has 1 N–H and O–H groups in total. The van der Waals surface area contributed by atoms with Gasteiger partial charge in [0.2, 0.25) is 5.78 Å². The average Bonchev–Trinajstić information content (AvgIpc) is 2.49. The maximum atomic E-state index is 12.5. The molecule has 0 amide bonds. The molecule has 0 bridgehead atoms. The summed E-state index contributed by atoms with van der Waals surface area (Å²) in [4.78, 5) is 37.1. The summed E-state index contributed by atoms with van der Waals surface area (Å²) in [5.41, 5.74) is 0.814. The van der Waals surface area contributed by atoms with Crippen molar-refractivity contribution in [3.05, 3.63) is 39.7 Å². The van der Waals surface area contributed by atoms with Crippen LogP contribution < -0.4 is 4.74 Å². The molecule has 0 atom stereocenters. The van der Waals surface area contributed by atoms with Crippen LogP contribution in [0.1, 0.15) is 50.0 Å². The van der Waals surface area contributed by atoms with Crippen LogP contribution in [0.4, 0.5) is 0 Å². The number of fused-ring (bicyclic) bond motifs is 2. The standard InChI is InChI=1S/C17H14O6/c1-7-4-8-12(9(18)5-7)16(21)13-10(19)6-11(22-2)15(20)14(13)17(8)23-3/h4,6,21H,5H2,1-3H3. The fourth-order valence-corrected chi connectivity index (χ4v) is 2.99. The second kappa shape index (κ2) is 5.08. The monoisotopic (exact) mass is 314 g/mol. The number of ether oxygens (including phenoxy) is 2. The minimum Gasteiger partial charge on any atom is -0.506 e. The van der Waals surface area contributed by atoms with Crippen LogP contribution in [0, 0.1) is 0 Å². The summed E-state index contributed by atoms with van der Waals surface area (Å²) in [6.45, 7) is 1.77. The van der Waals surface area contributed by atoms with Crippen molar-refractivity contribution in [1.29, 1.82) is 0 Å². The largest absolute Gasteiger partial charge is 0.506 e. The van der Waals surface area contributed by atoms with Gasteiger partial charge in [0.15, 0.2) is 17.3 Å². The van der Waals surface area contributed by atoms with Crippen molar-refractivity contribution in [1.82, 2.24) is 0 Å². The van der Waals surface area contributed by atoms with Crippen molar-refractivity contribution >= 4 is 23.4 Å². The number of rotatable bonds is 2. The van der Waals surface area contributed by atoms with Gasteiger partial charge in [-0.2, -0.15) is 0 Å². The van der Waals surface area contributed by atoms with Gasteiger partial charge in [-0.25, -0.2) is 0 Å². The van der Waals surface area contributed by atoms with E-state index in [0.29, 0.717) is 5.56 Å². The highest BCUT2D eigenvalue weighted by atomic mass is 16.5. The molecule has 0 spiro atoms. The van der Waals surface area contributed by atoms with E-state index >= 15 is 0 Å². The van der Waals surface area contributed by atoms with E-state index in [-0.39, 0.29) is 40.4 Å². The summed E-state index contributed by atoms with van der Waals surface area (Å²) in [5.74, 6) is -2.01. The van der Waals surface area contributed by atoms with E-state index in [1.54, 1.807) is 13.0 Å². The Morgan fingerprint density at radius 3 is 2.30 bits per heavy atom. The molecule has 3 rings (SSSR count). The number of carbonyl (C=O) groups excluding carboxylic acids is 3. The molecule has 0 aromatic heterocycles. The lowest BCUT2D eigenvalue weighted by Gasteiger charge is -2.24. The Balaban J connectivity index is 2.45. The number of hydrogen-bond acceptors (Lipinski definition) is 6. The Hall–Kier alpha value is -2.89. The van der Waals surface area contributed by atoms with Gasteiger partial charge >= 0.3 is 0 Å². The highest BCUT2D eigenvalue weighted by Crippen LogP contribution is 2.45. The predicted octanol–water partition coefficient (Wildman–Crippen LogP) is 2.30. The number of allylic oxidation sites excluding steroid dienone is 3. The molecule has 0 aliphatic heterocycles. The first kappa shape index (κ1) is 15.0. The molecule has 23 heavy (non-hydrogen) atoms. The van der Waals surface area contributed by atoms with Crippen molar-refractivity contribution in [3.8, 4) is 11.5 Å². The molecule has 6 nitrogen and oxygen atoms in total. The van der Waals surface area contributed by atoms with Crippen molar-refractivity contribution in [2.24, 2.45) is 0 Å². The molecule has 0 fully saturated rings. The Bertz CT molecular complexity index is 841. The SMILES string of the molecule is COC1=CC(=O)c2c(O)c3c(c(OC)c2C1=O)C=C(C)CC3=O. The Kier molecular flexibility index (Phi) is 3.32. The van der Waals surface area contributed by atoms with E-state index in [4.69, 9.17) is 9.47 Å². The van der Waals surface area contributed by atoms with Crippen molar-refractivity contribution < 1.29 is 29.0 Å². The lowest BCUT2D eigenvalue weighted by Crippen LogP contribution is -2.22. The Labute approximate surface area is 132 Å². The number of benzene rings is 1. The van der Waals surface area contributed by atoms with Crippen LogP contribution in [0.2, 0.25) is 0 Å². The van der Waals surface area contributed by atoms with Crippen LogP contribution in [-0.2, 0) is 4.74 Å². The number of aromatic hydroxyl groups is 1. The van der Waals surface area contributed by atoms with Gasteiger partial charge in [-0.15, -0.1) is 0 Å². The average molecular weight is 314 g/mol. The zero-order valence-corrected chi connectivity index (χ0v) is 12.9. The van der Waals surface area contributed by atoms with Crippen LogP contribution in [0.5, 0.6) is 11.5 Å². The van der Waals surface area contributed by atoms with Crippen molar-refractivity contribution in [2.45, 2.75) is 13.3 Å². The van der Waals surface area contributed by atoms with Crippen LogP contribution in [-0.4, -0.2) is 36.7 Å². The lowest BCUT2D eigenvalue weighted by molar-refractivity contribution is 0.0909. The maximum absolute atomic E-state index is 12.5. The summed E-state index contributed by atoms with van der Waals surface area (Å²) < 4.78 is 10.2. The molecule has 1 aromatic rings. The minimum atomic E-state index is -0.603. The van der Waals surface area contributed by atoms with Crippen LogP contribution >= 0.6 is 0 Å². The lowest BCUT2D eigenvalue weighted by atomic mass is 9.82. The maximum Gasteiger partial charge on any atom is 0.232 e. The molecule has 0 saturated heterocycles. The van der Waals surface area contributed by atoms with Crippen molar-refractivity contribution in [3.63, 3.8) is 0 Å². The van der Waals surface area contributed by atoms with Crippen LogP contribution in [0.3, 0.4) is 0 Å². The molecule has 0 heterocycles. The minimum absolute atomic E-state index is 0.0154. The second-order valence-corrected chi connectivity index (χ2v) is 5.42. The number of ketones is 3. The van der Waals surface area contributed by atoms with Gasteiger partial charge in [0.25, 0.3) is 0 Å². The molecular formula is C17H14O6. The third-order valence-corrected chi connectivity index (χ3v) is 3.96. The van der Waals surface area contributed by atoms with E-state index in [9.17, 15) is 19.5 Å².